The first-order valence-electron chi connectivity index (χ1n) is 8.98. The predicted octanol–water partition coefficient (Wildman–Crippen LogP) is 6.97. The van der Waals surface area contributed by atoms with Gasteiger partial charge in [-0.15, -0.1) is 23.2 Å². The van der Waals surface area contributed by atoms with E-state index >= 15 is 0 Å². The number of anilines is 1. The lowest BCUT2D eigenvalue weighted by atomic mass is 10.1. The first-order valence-corrected chi connectivity index (χ1v) is 11.2. The van der Waals surface area contributed by atoms with Crippen LogP contribution in [0.2, 0.25) is 20.1 Å². The zero-order valence-corrected chi connectivity index (χ0v) is 20.1. The molecule has 2 atom stereocenters. The summed E-state index contributed by atoms with van der Waals surface area (Å²) >= 11 is 37.2. The largest absolute Gasteiger partial charge is 0.352 e. The van der Waals surface area contributed by atoms with Crippen molar-refractivity contribution in [1.82, 2.24) is 5.32 Å². The van der Waals surface area contributed by atoms with Crippen molar-refractivity contribution in [2.75, 3.05) is 11.9 Å². The standard InChI is InChI=1S/C20H16Cl6N2O2/c1-2-3-27-18(29)12-7-15(14(24)8-13(12)23)28-19(30)17-16(20(17,25)26)9-4-10(21)6-11(22)5-9/h4-8,16-17H,2-3H2,1H3,(H,27,29)(H,28,30)/t16-,17+/m0/s1. The Bertz CT molecular complexity index is 991. The third-order valence-electron chi connectivity index (χ3n) is 4.67. The first-order chi connectivity index (χ1) is 14.1. The highest BCUT2D eigenvalue weighted by Gasteiger charge is 2.67. The van der Waals surface area contributed by atoms with Gasteiger partial charge in [-0.1, -0.05) is 53.3 Å². The molecule has 0 aliphatic heterocycles. The summed E-state index contributed by atoms with van der Waals surface area (Å²) in [6.45, 7) is 2.42. The van der Waals surface area contributed by atoms with Gasteiger partial charge in [-0.3, -0.25) is 9.59 Å². The Labute approximate surface area is 204 Å². The number of nitrogens with one attached hydrogen (secondary N) is 2. The van der Waals surface area contributed by atoms with Gasteiger partial charge in [0.05, 0.1) is 27.2 Å². The van der Waals surface area contributed by atoms with Gasteiger partial charge in [0.25, 0.3) is 5.91 Å². The van der Waals surface area contributed by atoms with E-state index in [4.69, 9.17) is 69.6 Å². The minimum atomic E-state index is -1.33. The number of halogens is 6. The van der Waals surface area contributed by atoms with Crippen molar-refractivity contribution in [3.05, 3.63) is 61.5 Å². The van der Waals surface area contributed by atoms with E-state index in [1.165, 1.54) is 12.1 Å². The molecule has 0 saturated heterocycles. The number of rotatable bonds is 6. The van der Waals surface area contributed by atoms with Crippen LogP contribution in [0, 0.1) is 5.92 Å². The third kappa shape index (κ3) is 4.95. The Morgan fingerprint density at radius 2 is 1.60 bits per heavy atom. The Kier molecular flexibility index (Phi) is 7.38. The number of alkyl halides is 2. The summed E-state index contributed by atoms with van der Waals surface area (Å²) in [6.07, 6.45) is 0.769. The highest BCUT2D eigenvalue weighted by Crippen LogP contribution is 2.65. The topological polar surface area (TPSA) is 58.2 Å². The maximum atomic E-state index is 12.9. The minimum absolute atomic E-state index is 0.175. The van der Waals surface area contributed by atoms with Crippen LogP contribution in [0.15, 0.2) is 30.3 Å². The lowest BCUT2D eigenvalue weighted by Gasteiger charge is -2.12. The molecule has 2 N–H and O–H groups in total. The van der Waals surface area contributed by atoms with Gasteiger partial charge in [-0.2, -0.15) is 0 Å². The van der Waals surface area contributed by atoms with Crippen LogP contribution >= 0.6 is 69.6 Å². The second-order valence-electron chi connectivity index (χ2n) is 6.89. The number of hydrogen-bond donors (Lipinski definition) is 2. The lowest BCUT2D eigenvalue weighted by molar-refractivity contribution is -0.117. The van der Waals surface area contributed by atoms with Crippen LogP contribution in [-0.2, 0) is 4.79 Å². The second-order valence-corrected chi connectivity index (χ2v) is 10.0. The molecule has 1 fully saturated rings. The quantitative estimate of drug-likeness (QED) is 0.398. The van der Waals surface area contributed by atoms with E-state index in [1.807, 2.05) is 6.92 Å². The molecule has 160 valence electrons. The fraction of sp³-hybridized carbons (Fsp3) is 0.300. The van der Waals surface area contributed by atoms with Gasteiger partial charge >= 0.3 is 0 Å². The average molecular weight is 529 g/mol. The Hall–Kier alpha value is -0.880. The van der Waals surface area contributed by atoms with E-state index in [0.29, 0.717) is 22.2 Å². The molecule has 0 unspecified atom stereocenters. The highest BCUT2D eigenvalue weighted by molar-refractivity contribution is 6.53. The van der Waals surface area contributed by atoms with Gasteiger partial charge in [0.2, 0.25) is 5.91 Å². The summed E-state index contributed by atoms with van der Waals surface area (Å²) in [7, 11) is 0. The van der Waals surface area contributed by atoms with Crippen molar-refractivity contribution in [1.29, 1.82) is 0 Å². The molecule has 1 aliphatic rings. The van der Waals surface area contributed by atoms with Crippen molar-refractivity contribution in [3.8, 4) is 0 Å². The van der Waals surface area contributed by atoms with Crippen LogP contribution in [-0.4, -0.2) is 22.7 Å². The van der Waals surface area contributed by atoms with Crippen molar-refractivity contribution < 1.29 is 9.59 Å². The summed E-state index contributed by atoms with van der Waals surface area (Å²) in [5.74, 6) is -2.09. The molecular weight excluding hydrogens is 513 g/mol. The maximum Gasteiger partial charge on any atom is 0.252 e. The number of amides is 2. The van der Waals surface area contributed by atoms with Crippen molar-refractivity contribution in [2.45, 2.75) is 23.6 Å². The predicted molar refractivity (Wildman–Crippen MR) is 125 cm³/mol. The molecule has 4 nitrogen and oxygen atoms in total. The van der Waals surface area contributed by atoms with Crippen LogP contribution in [0.5, 0.6) is 0 Å². The van der Waals surface area contributed by atoms with Crippen molar-refractivity contribution >= 4 is 87.1 Å². The van der Waals surface area contributed by atoms with E-state index in [2.05, 4.69) is 10.6 Å². The molecule has 0 heterocycles. The van der Waals surface area contributed by atoms with Crippen LogP contribution < -0.4 is 10.6 Å². The van der Waals surface area contributed by atoms with Crippen molar-refractivity contribution in [2.24, 2.45) is 5.92 Å². The Balaban J connectivity index is 1.83. The summed E-state index contributed by atoms with van der Waals surface area (Å²) in [5, 5.41) is 6.60. The molecule has 0 radical (unpaired) electrons. The Morgan fingerprint density at radius 3 is 2.20 bits per heavy atom. The first kappa shape index (κ1) is 23.8. The van der Waals surface area contributed by atoms with Gasteiger partial charge < -0.3 is 10.6 Å². The molecule has 2 aromatic carbocycles. The molecule has 0 spiro atoms. The fourth-order valence-electron chi connectivity index (χ4n) is 3.19. The van der Waals surface area contributed by atoms with Gasteiger partial charge in [-0.25, -0.2) is 0 Å². The number of carbonyl (C=O) groups is 2. The van der Waals surface area contributed by atoms with E-state index in [9.17, 15) is 9.59 Å². The molecule has 10 heteroatoms. The minimum Gasteiger partial charge on any atom is -0.352 e. The molecule has 2 amide bonds. The molecule has 3 rings (SSSR count). The summed E-state index contributed by atoms with van der Waals surface area (Å²) in [6, 6.07) is 7.72. The van der Waals surface area contributed by atoms with Crippen LogP contribution in [0.4, 0.5) is 5.69 Å². The summed E-state index contributed by atoms with van der Waals surface area (Å²) < 4.78 is -1.33. The van der Waals surface area contributed by atoms with Gasteiger partial charge in [-0.05, 0) is 42.3 Å². The van der Waals surface area contributed by atoms with Gasteiger partial charge in [0.1, 0.15) is 4.33 Å². The zero-order valence-electron chi connectivity index (χ0n) is 15.5. The van der Waals surface area contributed by atoms with Gasteiger partial charge in [0, 0.05) is 22.5 Å². The molecular formula is C20H16Cl6N2O2. The summed E-state index contributed by atoms with van der Waals surface area (Å²) in [5.41, 5.74) is 1.08. The number of carbonyl (C=O) groups excluding carboxylic acids is 2. The van der Waals surface area contributed by atoms with Crippen LogP contribution in [0.25, 0.3) is 0 Å². The summed E-state index contributed by atoms with van der Waals surface area (Å²) in [4.78, 5) is 25.2. The molecule has 2 aromatic rings. The van der Waals surface area contributed by atoms with E-state index in [1.54, 1.807) is 18.2 Å². The van der Waals surface area contributed by atoms with Crippen LogP contribution in [0.3, 0.4) is 0 Å². The zero-order chi connectivity index (χ0) is 22.2. The van der Waals surface area contributed by atoms with Crippen LogP contribution in [0.1, 0.15) is 35.2 Å². The average Bonchev–Trinajstić information content (AvgIpc) is 3.23. The van der Waals surface area contributed by atoms with E-state index < -0.39 is 22.1 Å². The number of benzene rings is 2. The lowest BCUT2D eigenvalue weighted by Crippen LogP contribution is -2.25. The highest BCUT2D eigenvalue weighted by atomic mass is 35.5. The Morgan fingerprint density at radius 1 is 0.967 bits per heavy atom. The monoisotopic (exact) mass is 526 g/mol. The normalized spacial score (nSPS) is 19.3. The van der Waals surface area contributed by atoms with E-state index in [-0.39, 0.29) is 27.2 Å². The molecule has 1 saturated carbocycles. The molecule has 0 aromatic heterocycles. The number of hydrogen-bond acceptors (Lipinski definition) is 2. The fourth-order valence-corrected chi connectivity index (χ4v) is 5.07. The third-order valence-corrected chi connectivity index (χ3v) is 6.68. The smallest absolute Gasteiger partial charge is 0.252 e. The maximum absolute atomic E-state index is 12.9. The molecule has 30 heavy (non-hydrogen) atoms. The van der Waals surface area contributed by atoms with Crippen molar-refractivity contribution in [3.63, 3.8) is 0 Å². The SMILES string of the molecule is CCCNC(=O)c1cc(NC(=O)[C@H]2[C@H](c3cc(Cl)cc(Cl)c3)C2(Cl)Cl)c(Cl)cc1Cl. The molecule has 1 aliphatic carbocycles. The van der Waals surface area contributed by atoms with Gasteiger partial charge in [0.15, 0.2) is 0 Å². The molecule has 0 bridgehead atoms. The second kappa shape index (κ2) is 9.32. The van der Waals surface area contributed by atoms with E-state index in [0.717, 1.165) is 6.42 Å².